The number of hydrogen-bond acceptors (Lipinski definition) is 4. The molecule has 0 aliphatic rings. The summed E-state index contributed by atoms with van der Waals surface area (Å²) in [5.41, 5.74) is 0.316. The molecule has 0 saturated carbocycles. The molecule has 0 fully saturated rings. The van der Waals surface area contributed by atoms with Crippen LogP contribution < -0.4 is 10.2 Å². The summed E-state index contributed by atoms with van der Waals surface area (Å²) in [6.45, 7) is 5.19. The van der Waals surface area contributed by atoms with Crippen molar-refractivity contribution in [3.05, 3.63) is 20.2 Å². The number of aromatic nitrogens is 1. The predicted octanol–water partition coefficient (Wildman–Crippen LogP) is 0.831. The fraction of sp³-hybridized carbons (Fsp3) is 0.545. The first-order valence-corrected chi connectivity index (χ1v) is 6.41. The average Bonchev–Trinajstić information content (AvgIpc) is 2.56. The molecule has 1 unspecified atom stereocenters. The fourth-order valence-electron chi connectivity index (χ4n) is 1.42. The van der Waals surface area contributed by atoms with Crippen LogP contribution in [0.15, 0.2) is 4.79 Å². The van der Waals surface area contributed by atoms with E-state index in [1.54, 1.807) is 0 Å². The topological polar surface area (TPSA) is 88.4 Å². The monoisotopic (exact) mass is 272 g/mol. The minimum atomic E-state index is -1.14. The third-order valence-electron chi connectivity index (χ3n) is 2.66. The van der Waals surface area contributed by atoms with Crippen LogP contribution in [0.3, 0.4) is 0 Å². The summed E-state index contributed by atoms with van der Waals surface area (Å²) < 4.78 is 1.19. The van der Waals surface area contributed by atoms with Crippen LogP contribution in [0, 0.1) is 6.92 Å². The van der Waals surface area contributed by atoms with Gasteiger partial charge in [0.15, 0.2) is 0 Å². The molecule has 7 heteroatoms. The number of carboxylic acids is 1. The van der Waals surface area contributed by atoms with Crippen molar-refractivity contribution in [2.24, 2.45) is 0 Å². The van der Waals surface area contributed by atoms with Crippen LogP contribution in [0.1, 0.15) is 35.6 Å². The molecule has 18 heavy (non-hydrogen) atoms. The molecule has 1 aromatic rings. The largest absolute Gasteiger partial charge is 0.477 e. The first-order valence-electron chi connectivity index (χ1n) is 5.59. The van der Waals surface area contributed by atoms with Gasteiger partial charge in [-0.3, -0.25) is 14.2 Å². The number of nitrogens with one attached hydrogen (secondary N) is 1. The summed E-state index contributed by atoms with van der Waals surface area (Å²) in [5, 5.41) is 11.6. The third kappa shape index (κ3) is 3.19. The van der Waals surface area contributed by atoms with Crippen LogP contribution in [-0.2, 0) is 11.3 Å². The summed E-state index contributed by atoms with van der Waals surface area (Å²) >= 11 is 0.644. The molecule has 0 radical (unpaired) electrons. The standard InChI is InChI=1S/C11H16N2O4S/c1-4-6(2)12-8(14)5-13-7(3)9(10(15)16)18-11(13)17/h6H,4-5H2,1-3H3,(H,12,14)(H,15,16). The van der Waals surface area contributed by atoms with Crippen molar-refractivity contribution in [3.63, 3.8) is 0 Å². The van der Waals surface area contributed by atoms with E-state index in [2.05, 4.69) is 5.32 Å². The number of rotatable bonds is 5. The molecule has 0 aliphatic carbocycles. The highest BCUT2D eigenvalue weighted by Crippen LogP contribution is 2.11. The molecule has 1 heterocycles. The second-order valence-electron chi connectivity index (χ2n) is 4.05. The van der Waals surface area contributed by atoms with E-state index in [0.29, 0.717) is 17.0 Å². The molecular weight excluding hydrogens is 256 g/mol. The molecule has 0 bridgehead atoms. The Hall–Kier alpha value is -1.63. The number of hydrogen-bond donors (Lipinski definition) is 2. The highest BCUT2D eigenvalue weighted by molar-refractivity contribution is 7.11. The van der Waals surface area contributed by atoms with Gasteiger partial charge >= 0.3 is 10.8 Å². The molecule has 100 valence electrons. The number of aromatic carboxylic acids is 1. The zero-order chi connectivity index (χ0) is 13.9. The lowest BCUT2D eigenvalue weighted by Crippen LogP contribution is -2.36. The Bertz CT molecular complexity index is 518. The van der Waals surface area contributed by atoms with Crippen molar-refractivity contribution in [3.8, 4) is 0 Å². The summed E-state index contributed by atoms with van der Waals surface area (Å²) in [4.78, 5) is 33.7. The van der Waals surface area contributed by atoms with E-state index in [0.717, 1.165) is 6.42 Å². The van der Waals surface area contributed by atoms with Crippen molar-refractivity contribution in [2.45, 2.75) is 39.8 Å². The number of carbonyl (C=O) groups is 2. The van der Waals surface area contributed by atoms with Crippen molar-refractivity contribution in [2.75, 3.05) is 0 Å². The van der Waals surface area contributed by atoms with Gasteiger partial charge in [0, 0.05) is 11.7 Å². The highest BCUT2D eigenvalue weighted by atomic mass is 32.1. The van der Waals surface area contributed by atoms with Gasteiger partial charge in [-0.1, -0.05) is 18.3 Å². The Labute approximate surface area is 108 Å². The molecule has 2 N–H and O–H groups in total. The van der Waals surface area contributed by atoms with E-state index in [-0.39, 0.29) is 23.4 Å². The van der Waals surface area contributed by atoms with Crippen LogP contribution in [0.25, 0.3) is 0 Å². The molecule has 0 saturated heterocycles. The number of carbonyl (C=O) groups excluding carboxylic acids is 1. The van der Waals surface area contributed by atoms with E-state index in [1.807, 2.05) is 13.8 Å². The zero-order valence-electron chi connectivity index (χ0n) is 10.5. The Morgan fingerprint density at radius 2 is 2.11 bits per heavy atom. The lowest BCUT2D eigenvalue weighted by atomic mass is 10.2. The van der Waals surface area contributed by atoms with Gasteiger partial charge in [-0.05, 0) is 20.3 Å². The maximum absolute atomic E-state index is 11.7. The summed E-state index contributed by atoms with van der Waals surface area (Å²) in [5.74, 6) is -1.43. The van der Waals surface area contributed by atoms with Crippen LogP contribution in [-0.4, -0.2) is 27.6 Å². The van der Waals surface area contributed by atoms with Gasteiger partial charge < -0.3 is 10.4 Å². The summed E-state index contributed by atoms with van der Waals surface area (Å²) in [6, 6.07) is 0.0334. The maximum Gasteiger partial charge on any atom is 0.347 e. The lowest BCUT2D eigenvalue weighted by molar-refractivity contribution is -0.122. The van der Waals surface area contributed by atoms with Gasteiger partial charge in [0.1, 0.15) is 11.4 Å². The zero-order valence-corrected chi connectivity index (χ0v) is 11.3. The van der Waals surface area contributed by atoms with Gasteiger partial charge in [0.05, 0.1) is 0 Å². The van der Waals surface area contributed by atoms with Crippen molar-refractivity contribution >= 4 is 23.2 Å². The van der Waals surface area contributed by atoms with Crippen molar-refractivity contribution in [1.29, 1.82) is 0 Å². The predicted molar refractivity (Wildman–Crippen MR) is 68.2 cm³/mol. The van der Waals surface area contributed by atoms with E-state index < -0.39 is 10.8 Å². The van der Waals surface area contributed by atoms with Gasteiger partial charge in [0.25, 0.3) is 0 Å². The molecule has 0 spiro atoms. The van der Waals surface area contributed by atoms with Crippen molar-refractivity contribution < 1.29 is 14.7 Å². The van der Waals surface area contributed by atoms with Gasteiger partial charge in [-0.25, -0.2) is 4.79 Å². The molecule has 6 nitrogen and oxygen atoms in total. The SMILES string of the molecule is CCC(C)NC(=O)Cn1c(C)c(C(=O)O)sc1=O. The molecule has 1 amide bonds. The molecule has 0 aliphatic heterocycles. The van der Waals surface area contributed by atoms with E-state index >= 15 is 0 Å². The first-order chi connectivity index (χ1) is 8.36. The minimum absolute atomic E-state index is 0.0173. The Morgan fingerprint density at radius 3 is 2.56 bits per heavy atom. The minimum Gasteiger partial charge on any atom is -0.477 e. The number of amides is 1. The van der Waals surface area contributed by atoms with Crippen molar-refractivity contribution in [1.82, 2.24) is 9.88 Å². The van der Waals surface area contributed by atoms with Crippen LogP contribution in [0.2, 0.25) is 0 Å². The van der Waals surface area contributed by atoms with E-state index in [9.17, 15) is 14.4 Å². The molecule has 1 aromatic heterocycles. The van der Waals surface area contributed by atoms with Crippen LogP contribution in [0.5, 0.6) is 0 Å². The Morgan fingerprint density at radius 1 is 1.50 bits per heavy atom. The molecule has 0 aromatic carbocycles. The van der Waals surface area contributed by atoms with Gasteiger partial charge in [0.2, 0.25) is 5.91 Å². The molecular formula is C11H16N2O4S. The average molecular weight is 272 g/mol. The van der Waals surface area contributed by atoms with E-state index in [4.69, 9.17) is 5.11 Å². The van der Waals surface area contributed by atoms with Crippen LogP contribution in [0.4, 0.5) is 0 Å². The summed E-state index contributed by atoms with van der Waals surface area (Å²) in [7, 11) is 0. The highest BCUT2D eigenvalue weighted by Gasteiger charge is 2.18. The number of carboxylic acid groups (broad SMARTS) is 1. The summed E-state index contributed by atoms with van der Waals surface area (Å²) in [6.07, 6.45) is 0.795. The fourth-order valence-corrected chi connectivity index (χ4v) is 2.25. The quantitative estimate of drug-likeness (QED) is 0.831. The van der Waals surface area contributed by atoms with Gasteiger partial charge in [-0.2, -0.15) is 0 Å². The number of thiazole rings is 1. The van der Waals surface area contributed by atoms with E-state index in [1.165, 1.54) is 11.5 Å². The molecule has 1 atom stereocenters. The second-order valence-corrected chi connectivity index (χ2v) is 5.01. The third-order valence-corrected chi connectivity index (χ3v) is 3.73. The lowest BCUT2D eigenvalue weighted by Gasteiger charge is -2.12. The van der Waals surface area contributed by atoms with Crippen LogP contribution >= 0.6 is 11.3 Å². The number of nitrogens with zero attached hydrogens (tertiary/aromatic N) is 1. The second kappa shape index (κ2) is 5.81. The maximum atomic E-state index is 11.7. The van der Waals surface area contributed by atoms with Gasteiger partial charge in [-0.15, -0.1) is 0 Å². The molecule has 1 rings (SSSR count). The Balaban J connectivity index is 2.89. The first kappa shape index (κ1) is 14.4. The normalized spacial score (nSPS) is 12.2. The Kier molecular flexibility index (Phi) is 4.66. The smallest absolute Gasteiger partial charge is 0.347 e.